The quantitative estimate of drug-likeness (QED) is 0.772. The number of ether oxygens (including phenoxy) is 2. The van der Waals surface area contributed by atoms with E-state index >= 15 is 0 Å². The Bertz CT molecular complexity index is 858. The summed E-state index contributed by atoms with van der Waals surface area (Å²) in [5, 5.41) is 0.0757. The van der Waals surface area contributed by atoms with E-state index in [4.69, 9.17) is 19.6 Å². The number of nitrogens with zero attached hydrogens (tertiary/aromatic N) is 2. The summed E-state index contributed by atoms with van der Waals surface area (Å²) in [5.74, 6) is 0.253. The summed E-state index contributed by atoms with van der Waals surface area (Å²) in [7, 11) is -2.06. The maximum Gasteiger partial charge on any atom is 0.351 e. The van der Waals surface area contributed by atoms with E-state index in [-0.39, 0.29) is 28.5 Å². The lowest BCUT2D eigenvalue weighted by Crippen LogP contribution is -2.54. The van der Waals surface area contributed by atoms with Crippen LogP contribution in [0.15, 0.2) is 11.0 Å². The van der Waals surface area contributed by atoms with Gasteiger partial charge in [-0.25, -0.2) is 4.79 Å². The molecule has 28 heavy (non-hydrogen) atoms. The van der Waals surface area contributed by atoms with Crippen LogP contribution in [-0.4, -0.2) is 42.3 Å². The highest BCUT2D eigenvalue weighted by Gasteiger charge is 2.73. The lowest BCUT2D eigenvalue weighted by atomic mass is 9.83. The van der Waals surface area contributed by atoms with Crippen molar-refractivity contribution in [2.75, 3.05) is 12.3 Å². The molecule has 1 saturated carbocycles. The number of aryl methyl sites for hydroxylation is 1. The number of fused-ring (bicyclic) bond motifs is 2. The Morgan fingerprint density at radius 3 is 2.57 bits per heavy atom. The first-order valence-electron chi connectivity index (χ1n) is 10.1. The fourth-order valence-corrected chi connectivity index (χ4v) is 5.49. The Kier molecular flexibility index (Phi) is 4.23. The van der Waals surface area contributed by atoms with E-state index in [1.54, 1.807) is 6.20 Å². The highest BCUT2D eigenvalue weighted by Crippen LogP contribution is 2.65. The molecule has 1 aromatic heterocycles. The molecule has 2 bridgehead atoms. The molecule has 2 N–H and O–H groups in total. The van der Waals surface area contributed by atoms with Crippen LogP contribution in [0.5, 0.6) is 0 Å². The molecule has 2 aliphatic heterocycles. The van der Waals surface area contributed by atoms with Gasteiger partial charge < -0.3 is 19.6 Å². The van der Waals surface area contributed by atoms with Gasteiger partial charge in [-0.2, -0.15) is 4.98 Å². The number of anilines is 1. The average molecular weight is 408 g/mol. The fourth-order valence-electron chi connectivity index (χ4n) is 4.17. The first-order chi connectivity index (χ1) is 12.8. The Morgan fingerprint density at radius 2 is 2.00 bits per heavy atom. The van der Waals surface area contributed by atoms with E-state index in [9.17, 15) is 4.79 Å². The minimum Gasteiger partial charge on any atom is -0.408 e. The van der Waals surface area contributed by atoms with Crippen molar-refractivity contribution in [2.24, 2.45) is 5.41 Å². The third-order valence-electron chi connectivity index (χ3n) is 7.56. The van der Waals surface area contributed by atoms with Gasteiger partial charge in [0.05, 0.1) is 6.61 Å². The van der Waals surface area contributed by atoms with Gasteiger partial charge in [0.15, 0.2) is 14.5 Å². The Morgan fingerprint density at radius 1 is 1.36 bits per heavy atom. The van der Waals surface area contributed by atoms with Crippen LogP contribution in [0.2, 0.25) is 18.1 Å². The zero-order valence-electron chi connectivity index (χ0n) is 18.0. The van der Waals surface area contributed by atoms with Crippen LogP contribution in [-0.2, 0) is 13.9 Å². The van der Waals surface area contributed by atoms with Gasteiger partial charge in [-0.05, 0) is 37.9 Å². The minimum atomic E-state index is -2.06. The summed E-state index contributed by atoms with van der Waals surface area (Å²) in [5.41, 5.74) is 5.65. The average Bonchev–Trinajstić information content (AvgIpc) is 3.15. The number of hydrogen-bond donors (Lipinski definition) is 1. The van der Waals surface area contributed by atoms with Gasteiger partial charge in [-0.15, -0.1) is 0 Å². The van der Waals surface area contributed by atoms with Crippen LogP contribution in [0.1, 0.15) is 52.3 Å². The molecule has 7 nitrogen and oxygen atoms in total. The van der Waals surface area contributed by atoms with E-state index in [0.717, 1.165) is 18.4 Å². The molecular formula is C20H33N3O4Si. The summed E-state index contributed by atoms with van der Waals surface area (Å²) in [6.07, 6.45) is 2.85. The lowest BCUT2D eigenvalue weighted by Gasteiger charge is -2.43. The van der Waals surface area contributed by atoms with Crippen molar-refractivity contribution in [3.8, 4) is 0 Å². The highest BCUT2D eigenvalue weighted by atomic mass is 28.4. The molecule has 2 saturated heterocycles. The maximum atomic E-state index is 12.6. The zero-order chi connectivity index (χ0) is 20.7. The van der Waals surface area contributed by atoms with E-state index in [1.807, 2.05) is 6.92 Å². The van der Waals surface area contributed by atoms with E-state index in [2.05, 4.69) is 45.8 Å². The molecule has 0 radical (unpaired) electrons. The standard InChI is InChI=1S/C20H33N3O4Si/c1-12-10-23(17(24)22-15(12)21)16-13-14(27-28(6,7)18(2,3)4)20(26-16,11-25-13)19(5)8-9-19/h10,13-14,16H,8-9,11H2,1-7H3,(H2,21,22,24)/t13?,14-,16-,20+/m1/s1. The van der Waals surface area contributed by atoms with Crippen molar-refractivity contribution in [2.45, 2.75) is 89.6 Å². The second-order valence-electron chi connectivity index (χ2n) is 10.5. The van der Waals surface area contributed by atoms with Crippen LogP contribution in [0.3, 0.4) is 0 Å². The van der Waals surface area contributed by atoms with Gasteiger partial charge >= 0.3 is 5.69 Å². The SMILES string of the molecule is Cc1cn([C@@H]2O[C@@]3(C4(C)CC4)COC2[C@H]3O[Si](C)(C)C(C)(C)C)c(=O)nc1N. The molecule has 3 aliphatic rings. The number of nitrogens with two attached hydrogens (primary N) is 1. The Hall–Kier alpha value is -1.22. The van der Waals surface area contributed by atoms with Gasteiger partial charge in [0, 0.05) is 17.2 Å². The van der Waals surface area contributed by atoms with Crippen LogP contribution in [0.25, 0.3) is 0 Å². The summed E-state index contributed by atoms with van der Waals surface area (Å²) >= 11 is 0. The number of hydrogen-bond acceptors (Lipinski definition) is 6. The van der Waals surface area contributed by atoms with Gasteiger partial charge in [0.2, 0.25) is 0 Å². The Labute approximate surface area is 167 Å². The van der Waals surface area contributed by atoms with Crippen LogP contribution < -0.4 is 11.4 Å². The number of aromatic nitrogens is 2. The van der Waals surface area contributed by atoms with Crippen molar-refractivity contribution in [1.29, 1.82) is 0 Å². The molecule has 0 aromatic carbocycles. The molecule has 0 amide bonds. The molecular weight excluding hydrogens is 374 g/mol. The van der Waals surface area contributed by atoms with Gasteiger partial charge in [-0.3, -0.25) is 4.57 Å². The monoisotopic (exact) mass is 407 g/mol. The molecule has 156 valence electrons. The number of rotatable bonds is 4. The summed E-state index contributed by atoms with van der Waals surface area (Å²) in [4.78, 5) is 16.5. The van der Waals surface area contributed by atoms with Crippen LogP contribution >= 0.6 is 0 Å². The smallest absolute Gasteiger partial charge is 0.351 e. The maximum absolute atomic E-state index is 12.6. The topological polar surface area (TPSA) is 88.6 Å². The van der Waals surface area contributed by atoms with Gasteiger partial charge in [0.25, 0.3) is 0 Å². The van der Waals surface area contributed by atoms with Gasteiger partial charge in [0.1, 0.15) is 23.6 Å². The minimum absolute atomic E-state index is 0.0173. The van der Waals surface area contributed by atoms with Crippen molar-refractivity contribution in [3.63, 3.8) is 0 Å². The molecule has 4 rings (SSSR count). The van der Waals surface area contributed by atoms with Crippen molar-refractivity contribution in [1.82, 2.24) is 9.55 Å². The molecule has 3 fully saturated rings. The van der Waals surface area contributed by atoms with Crippen molar-refractivity contribution in [3.05, 3.63) is 22.2 Å². The van der Waals surface area contributed by atoms with Crippen LogP contribution in [0.4, 0.5) is 5.82 Å². The summed E-state index contributed by atoms with van der Waals surface area (Å²) < 4.78 is 21.3. The fraction of sp³-hybridized carbons (Fsp3) is 0.800. The molecule has 3 heterocycles. The van der Waals surface area contributed by atoms with Crippen molar-refractivity contribution < 1.29 is 13.9 Å². The van der Waals surface area contributed by atoms with Gasteiger partial charge in [-0.1, -0.05) is 27.7 Å². The van der Waals surface area contributed by atoms with E-state index < -0.39 is 25.8 Å². The first kappa shape index (κ1) is 20.1. The molecule has 1 unspecified atom stereocenters. The molecule has 1 aliphatic carbocycles. The largest absolute Gasteiger partial charge is 0.408 e. The molecule has 4 atom stereocenters. The molecule has 1 aromatic rings. The summed E-state index contributed by atoms with van der Waals surface area (Å²) in [6, 6.07) is 0. The first-order valence-corrected chi connectivity index (χ1v) is 13.0. The van der Waals surface area contributed by atoms with E-state index in [1.165, 1.54) is 4.57 Å². The predicted octanol–water partition coefficient (Wildman–Crippen LogP) is 2.99. The molecule has 0 spiro atoms. The zero-order valence-corrected chi connectivity index (χ0v) is 19.0. The normalized spacial score (nSPS) is 34.0. The third-order valence-corrected chi connectivity index (χ3v) is 12.0. The van der Waals surface area contributed by atoms with Crippen molar-refractivity contribution >= 4 is 14.1 Å². The van der Waals surface area contributed by atoms with Crippen LogP contribution in [0, 0.1) is 12.3 Å². The highest BCUT2D eigenvalue weighted by molar-refractivity contribution is 6.74. The third kappa shape index (κ3) is 2.72. The lowest BCUT2D eigenvalue weighted by molar-refractivity contribution is -0.198. The Balaban J connectivity index is 1.75. The second kappa shape index (κ2) is 5.90. The molecule has 8 heteroatoms. The van der Waals surface area contributed by atoms with E-state index in [0.29, 0.717) is 6.61 Å². The number of nitrogen functional groups attached to an aromatic ring is 1. The predicted molar refractivity (Wildman–Crippen MR) is 110 cm³/mol. The summed E-state index contributed by atoms with van der Waals surface area (Å²) in [6.45, 7) is 15.8. The second-order valence-corrected chi connectivity index (χ2v) is 15.3.